The Kier molecular flexibility index (Phi) is 9.43. The Balaban J connectivity index is 1.13. The lowest BCUT2D eigenvalue weighted by molar-refractivity contribution is 0.101. The Labute approximate surface area is 207 Å². The van der Waals surface area contributed by atoms with Gasteiger partial charge in [0.15, 0.2) is 11.8 Å². The molecule has 0 N–H and O–H groups in total. The number of hydrogen-bond acceptors (Lipinski definition) is 0. The maximum atomic E-state index is 15.4. The standard InChI is InChI=1S/C32H46F2/c1-2-3-7-25-10-12-26(13-11-25)14-15-27-16-18-28(19-17-27)20-22-32(34)23-21-30(24-31(32)33)29-8-5-4-6-9-29/h4-6,8-9,21,23-28,31H,2-3,7,10-20,22H2,1H3/t25-,26-,27-,28-,31?,32?. The van der Waals surface area contributed by atoms with Gasteiger partial charge in [0.25, 0.3) is 0 Å². The summed E-state index contributed by atoms with van der Waals surface area (Å²) in [6.07, 6.45) is 22.2. The number of unbranched alkanes of at least 4 members (excludes halogenated alkanes) is 1. The third kappa shape index (κ3) is 7.05. The Morgan fingerprint density at radius 3 is 1.82 bits per heavy atom. The Morgan fingerprint density at radius 1 is 0.765 bits per heavy atom. The molecule has 3 aliphatic carbocycles. The molecule has 3 aliphatic rings. The van der Waals surface area contributed by atoms with E-state index in [1.54, 1.807) is 6.08 Å². The van der Waals surface area contributed by atoms with Crippen LogP contribution in [0.1, 0.15) is 109 Å². The quantitative estimate of drug-likeness (QED) is 0.320. The topological polar surface area (TPSA) is 0 Å². The summed E-state index contributed by atoms with van der Waals surface area (Å²) in [5.74, 6) is 3.41. The van der Waals surface area contributed by atoms with E-state index in [0.717, 1.165) is 35.3 Å². The molecule has 2 unspecified atom stereocenters. The molecule has 2 fully saturated rings. The van der Waals surface area contributed by atoms with Gasteiger partial charge in [0.05, 0.1) is 0 Å². The minimum Gasteiger partial charge on any atom is -0.239 e. The number of hydrogen-bond donors (Lipinski definition) is 0. The maximum Gasteiger partial charge on any atom is 0.164 e. The van der Waals surface area contributed by atoms with E-state index in [1.165, 1.54) is 95.6 Å². The summed E-state index contributed by atoms with van der Waals surface area (Å²) in [6, 6.07) is 9.71. The number of benzene rings is 1. The van der Waals surface area contributed by atoms with Crippen LogP contribution in [0, 0.1) is 23.7 Å². The van der Waals surface area contributed by atoms with Crippen molar-refractivity contribution in [1.82, 2.24) is 0 Å². The van der Waals surface area contributed by atoms with E-state index in [2.05, 4.69) is 6.92 Å². The highest BCUT2D eigenvalue weighted by Crippen LogP contribution is 2.41. The van der Waals surface area contributed by atoms with E-state index in [0.29, 0.717) is 12.3 Å². The lowest BCUT2D eigenvalue weighted by Gasteiger charge is -2.33. The summed E-state index contributed by atoms with van der Waals surface area (Å²) >= 11 is 0. The second-order valence-corrected chi connectivity index (χ2v) is 11.7. The zero-order valence-corrected chi connectivity index (χ0v) is 21.4. The first-order valence-electron chi connectivity index (χ1n) is 14.3. The molecule has 34 heavy (non-hydrogen) atoms. The Bertz CT molecular complexity index is 780. The molecular weight excluding hydrogens is 422 g/mol. The number of halogens is 2. The van der Waals surface area contributed by atoms with Crippen molar-refractivity contribution in [2.24, 2.45) is 23.7 Å². The third-order valence-corrected chi connectivity index (χ3v) is 9.25. The van der Waals surface area contributed by atoms with Crippen molar-refractivity contribution in [3.8, 4) is 0 Å². The number of alkyl halides is 2. The van der Waals surface area contributed by atoms with Crippen LogP contribution >= 0.6 is 0 Å². The van der Waals surface area contributed by atoms with E-state index >= 15 is 4.39 Å². The molecule has 0 saturated heterocycles. The summed E-state index contributed by atoms with van der Waals surface area (Å²) in [7, 11) is 0. The first-order chi connectivity index (χ1) is 16.6. The highest BCUT2D eigenvalue weighted by atomic mass is 19.2. The van der Waals surface area contributed by atoms with Gasteiger partial charge in [-0.2, -0.15) is 0 Å². The molecule has 0 aromatic heterocycles. The van der Waals surface area contributed by atoms with E-state index in [1.807, 2.05) is 30.3 Å². The molecule has 0 bridgehead atoms. The van der Waals surface area contributed by atoms with Crippen LogP contribution in [-0.2, 0) is 0 Å². The first kappa shape index (κ1) is 25.6. The molecule has 1 aromatic rings. The molecule has 0 aliphatic heterocycles. The van der Waals surface area contributed by atoms with Crippen molar-refractivity contribution < 1.29 is 8.78 Å². The average molecular weight is 469 g/mol. The summed E-state index contributed by atoms with van der Waals surface area (Å²) in [4.78, 5) is 0. The van der Waals surface area contributed by atoms with Gasteiger partial charge in [0.1, 0.15) is 0 Å². The van der Waals surface area contributed by atoms with Crippen LogP contribution in [0.3, 0.4) is 0 Å². The second kappa shape index (κ2) is 12.5. The van der Waals surface area contributed by atoms with Crippen LogP contribution < -0.4 is 0 Å². The lowest BCUT2D eigenvalue weighted by Crippen LogP contribution is -2.34. The zero-order chi connectivity index (χ0) is 23.8. The van der Waals surface area contributed by atoms with Crippen LogP contribution in [0.15, 0.2) is 48.6 Å². The Morgan fingerprint density at radius 2 is 1.29 bits per heavy atom. The smallest absolute Gasteiger partial charge is 0.164 e. The lowest BCUT2D eigenvalue weighted by atomic mass is 9.73. The fraction of sp³-hybridized carbons (Fsp3) is 0.688. The van der Waals surface area contributed by atoms with Gasteiger partial charge in [-0.05, 0) is 59.8 Å². The van der Waals surface area contributed by atoms with Crippen molar-refractivity contribution in [3.05, 3.63) is 54.1 Å². The summed E-state index contributed by atoms with van der Waals surface area (Å²) in [5, 5.41) is 0. The molecule has 2 saturated carbocycles. The van der Waals surface area contributed by atoms with E-state index in [9.17, 15) is 4.39 Å². The molecule has 1 aromatic carbocycles. The molecule has 0 amide bonds. The average Bonchev–Trinajstić information content (AvgIpc) is 2.88. The Hall–Kier alpha value is -1.44. The zero-order valence-electron chi connectivity index (χ0n) is 21.4. The molecule has 0 heterocycles. The van der Waals surface area contributed by atoms with Crippen LogP contribution in [-0.4, -0.2) is 11.8 Å². The molecule has 0 spiro atoms. The predicted molar refractivity (Wildman–Crippen MR) is 141 cm³/mol. The van der Waals surface area contributed by atoms with Crippen LogP contribution in [0.2, 0.25) is 0 Å². The molecule has 188 valence electrons. The van der Waals surface area contributed by atoms with Crippen molar-refractivity contribution in [2.75, 3.05) is 0 Å². The minimum absolute atomic E-state index is 0.305. The highest BCUT2D eigenvalue weighted by Gasteiger charge is 2.39. The molecular formula is C32H46F2. The molecule has 0 radical (unpaired) electrons. The van der Waals surface area contributed by atoms with Gasteiger partial charge in [0, 0.05) is 0 Å². The van der Waals surface area contributed by atoms with Crippen LogP contribution in [0.25, 0.3) is 5.57 Å². The van der Waals surface area contributed by atoms with E-state index in [4.69, 9.17) is 0 Å². The van der Waals surface area contributed by atoms with Gasteiger partial charge < -0.3 is 0 Å². The summed E-state index contributed by atoms with van der Waals surface area (Å²) < 4.78 is 30.2. The highest BCUT2D eigenvalue weighted by molar-refractivity contribution is 5.76. The summed E-state index contributed by atoms with van der Waals surface area (Å²) in [5.41, 5.74) is -0.104. The van der Waals surface area contributed by atoms with Crippen LogP contribution in [0.4, 0.5) is 8.78 Å². The predicted octanol–water partition coefficient (Wildman–Crippen LogP) is 10.0. The van der Waals surface area contributed by atoms with Gasteiger partial charge >= 0.3 is 0 Å². The van der Waals surface area contributed by atoms with Gasteiger partial charge in [-0.25, -0.2) is 8.78 Å². The fourth-order valence-corrected chi connectivity index (χ4v) is 6.72. The first-order valence-corrected chi connectivity index (χ1v) is 14.3. The van der Waals surface area contributed by atoms with Gasteiger partial charge in [-0.3, -0.25) is 0 Å². The normalized spacial score (nSPS) is 34.1. The van der Waals surface area contributed by atoms with E-state index < -0.39 is 11.8 Å². The van der Waals surface area contributed by atoms with Crippen molar-refractivity contribution in [1.29, 1.82) is 0 Å². The fourth-order valence-electron chi connectivity index (χ4n) is 6.72. The van der Waals surface area contributed by atoms with Gasteiger partial charge in [-0.1, -0.05) is 127 Å². The second-order valence-electron chi connectivity index (χ2n) is 11.7. The van der Waals surface area contributed by atoms with E-state index in [-0.39, 0.29) is 0 Å². The molecule has 2 atom stereocenters. The number of allylic oxidation sites excluding steroid dienone is 4. The van der Waals surface area contributed by atoms with Crippen molar-refractivity contribution in [3.63, 3.8) is 0 Å². The maximum absolute atomic E-state index is 15.4. The van der Waals surface area contributed by atoms with Crippen LogP contribution in [0.5, 0.6) is 0 Å². The summed E-state index contributed by atoms with van der Waals surface area (Å²) in [6.45, 7) is 2.31. The SMILES string of the molecule is CCCC[C@H]1CC[C@H](CC[C@H]2CC[C@H](CCC3(F)C=CC(c4ccccc4)=CC3F)CC2)CC1. The molecule has 2 heteroatoms. The van der Waals surface area contributed by atoms with Crippen molar-refractivity contribution in [2.45, 2.75) is 115 Å². The van der Waals surface area contributed by atoms with Gasteiger partial charge in [0.2, 0.25) is 0 Å². The number of rotatable bonds is 10. The minimum atomic E-state index is -1.84. The monoisotopic (exact) mass is 468 g/mol. The molecule has 0 nitrogen and oxygen atoms in total. The third-order valence-electron chi connectivity index (χ3n) is 9.25. The van der Waals surface area contributed by atoms with Crippen molar-refractivity contribution >= 4 is 5.57 Å². The molecule has 4 rings (SSSR count). The van der Waals surface area contributed by atoms with Gasteiger partial charge in [-0.15, -0.1) is 0 Å². The largest absolute Gasteiger partial charge is 0.239 e.